The Hall–Kier alpha value is -0.550. The SMILES string of the molecule is C[C@@H]1CNCCN1CCOc1ccc(F)cc1Cl.Cl. The number of halogens is 3. The van der Waals surface area contributed by atoms with Crippen molar-refractivity contribution >= 4 is 24.0 Å². The Balaban J connectivity index is 0.00000180. The molecule has 2 rings (SSSR count). The van der Waals surface area contributed by atoms with Crippen LogP contribution in [-0.2, 0) is 0 Å². The fourth-order valence-corrected chi connectivity index (χ4v) is 2.30. The molecule has 0 aliphatic carbocycles. The molecule has 1 aliphatic heterocycles. The summed E-state index contributed by atoms with van der Waals surface area (Å²) in [6.45, 7) is 6.67. The van der Waals surface area contributed by atoms with Crippen LogP contribution in [0.5, 0.6) is 5.75 Å². The summed E-state index contributed by atoms with van der Waals surface area (Å²) in [5, 5.41) is 3.67. The standard InChI is InChI=1S/C13H18ClFN2O.ClH/c1-10-9-16-4-5-17(10)6-7-18-13-3-2-11(15)8-12(13)14;/h2-3,8,10,16H,4-7,9H2,1H3;1H/t10-;/m1./s1. The van der Waals surface area contributed by atoms with E-state index >= 15 is 0 Å². The first-order valence-electron chi connectivity index (χ1n) is 6.19. The summed E-state index contributed by atoms with van der Waals surface area (Å²) in [6, 6.07) is 4.71. The average Bonchev–Trinajstić information content (AvgIpc) is 2.34. The van der Waals surface area contributed by atoms with Crippen LogP contribution in [0.15, 0.2) is 18.2 Å². The zero-order chi connectivity index (χ0) is 13.0. The quantitative estimate of drug-likeness (QED) is 0.925. The maximum absolute atomic E-state index is 12.9. The van der Waals surface area contributed by atoms with Crippen LogP contribution in [-0.4, -0.2) is 43.7 Å². The predicted molar refractivity (Wildman–Crippen MR) is 78.1 cm³/mol. The zero-order valence-corrected chi connectivity index (χ0v) is 12.4. The number of rotatable bonds is 4. The number of nitrogens with one attached hydrogen (secondary N) is 1. The molecule has 1 aromatic rings. The van der Waals surface area contributed by atoms with Gasteiger partial charge in [-0.25, -0.2) is 4.39 Å². The van der Waals surface area contributed by atoms with Crippen molar-refractivity contribution in [3.8, 4) is 5.75 Å². The van der Waals surface area contributed by atoms with Gasteiger partial charge in [-0.2, -0.15) is 0 Å². The Labute approximate surface area is 124 Å². The molecule has 0 spiro atoms. The molecule has 19 heavy (non-hydrogen) atoms. The lowest BCUT2D eigenvalue weighted by Crippen LogP contribution is -2.50. The maximum Gasteiger partial charge on any atom is 0.138 e. The second kappa shape index (κ2) is 7.90. The summed E-state index contributed by atoms with van der Waals surface area (Å²) in [6.07, 6.45) is 0. The molecule has 1 heterocycles. The van der Waals surface area contributed by atoms with Crippen molar-refractivity contribution in [3.05, 3.63) is 29.0 Å². The van der Waals surface area contributed by atoms with Crippen LogP contribution in [0.3, 0.4) is 0 Å². The van der Waals surface area contributed by atoms with Crippen LogP contribution < -0.4 is 10.1 Å². The highest BCUT2D eigenvalue weighted by Crippen LogP contribution is 2.24. The van der Waals surface area contributed by atoms with Gasteiger partial charge in [0.15, 0.2) is 0 Å². The fraction of sp³-hybridized carbons (Fsp3) is 0.538. The first-order chi connectivity index (χ1) is 8.66. The predicted octanol–water partition coefficient (Wildman–Crippen LogP) is 2.57. The number of piperazine rings is 1. The highest BCUT2D eigenvalue weighted by atomic mass is 35.5. The van der Waals surface area contributed by atoms with E-state index in [4.69, 9.17) is 16.3 Å². The summed E-state index contributed by atoms with van der Waals surface area (Å²) in [5.74, 6) is 0.198. The first kappa shape index (κ1) is 16.5. The largest absolute Gasteiger partial charge is 0.491 e. The molecule has 1 atom stereocenters. The number of hydrogen-bond acceptors (Lipinski definition) is 3. The zero-order valence-electron chi connectivity index (χ0n) is 10.9. The molecule has 1 N–H and O–H groups in total. The van der Waals surface area contributed by atoms with Gasteiger partial charge in [-0.05, 0) is 25.1 Å². The van der Waals surface area contributed by atoms with E-state index in [2.05, 4.69) is 17.1 Å². The molecule has 0 aromatic heterocycles. The number of benzene rings is 1. The fourth-order valence-electron chi connectivity index (χ4n) is 2.08. The lowest BCUT2D eigenvalue weighted by molar-refractivity contribution is 0.143. The monoisotopic (exact) mass is 308 g/mol. The molecule has 108 valence electrons. The van der Waals surface area contributed by atoms with Gasteiger partial charge in [-0.15, -0.1) is 12.4 Å². The third-order valence-electron chi connectivity index (χ3n) is 3.17. The Kier molecular flexibility index (Phi) is 6.86. The van der Waals surface area contributed by atoms with Crippen molar-refractivity contribution < 1.29 is 9.13 Å². The Morgan fingerprint density at radius 1 is 1.53 bits per heavy atom. The highest BCUT2D eigenvalue weighted by molar-refractivity contribution is 6.32. The van der Waals surface area contributed by atoms with Gasteiger partial charge in [0.2, 0.25) is 0 Å². The van der Waals surface area contributed by atoms with Crippen LogP contribution in [0.25, 0.3) is 0 Å². The van der Waals surface area contributed by atoms with Crippen LogP contribution in [0.2, 0.25) is 5.02 Å². The Bertz CT molecular complexity index is 406. The molecule has 1 aromatic carbocycles. The van der Waals surface area contributed by atoms with Crippen molar-refractivity contribution in [3.63, 3.8) is 0 Å². The van der Waals surface area contributed by atoms with Crippen molar-refractivity contribution in [1.82, 2.24) is 10.2 Å². The van der Waals surface area contributed by atoms with E-state index < -0.39 is 0 Å². The van der Waals surface area contributed by atoms with E-state index in [1.54, 1.807) is 6.07 Å². The van der Waals surface area contributed by atoms with Crippen LogP contribution in [0.1, 0.15) is 6.92 Å². The Morgan fingerprint density at radius 2 is 2.32 bits per heavy atom. The minimum absolute atomic E-state index is 0. The van der Waals surface area contributed by atoms with Crippen LogP contribution in [0, 0.1) is 5.82 Å². The van der Waals surface area contributed by atoms with E-state index in [1.165, 1.54) is 12.1 Å². The lowest BCUT2D eigenvalue weighted by atomic mass is 10.2. The van der Waals surface area contributed by atoms with Crippen LogP contribution in [0.4, 0.5) is 4.39 Å². The molecule has 0 radical (unpaired) electrons. The molecule has 1 saturated heterocycles. The molecule has 1 fully saturated rings. The number of hydrogen-bond donors (Lipinski definition) is 1. The van der Waals surface area contributed by atoms with E-state index in [1.807, 2.05) is 0 Å². The Morgan fingerprint density at radius 3 is 3.00 bits per heavy atom. The van der Waals surface area contributed by atoms with Gasteiger partial charge in [0.1, 0.15) is 18.2 Å². The van der Waals surface area contributed by atoms with E-state index in [9.17, 15) is 4.39 Å². The van der Waals surface area contributed by atoms with Gasteiger partial charge in [-0.1, -0.05) is 11.6 Å². The van der Waals surface area contributed by atoms with Gasteiger partial charge in [0, 0.05) is 32.2 Å². The molecule has 0 amide bonds. The number of nitrogens with zero attached hydrogens (tertiary/aromatic N) is 1. The summed E-state index contributed by atoms with van der Waals surface area (Å²) in [4.78, 5) is 2.37. The van der Waals surface area contributed by atoms with Gasteiger partial charge in [-0.3, -0.25) is 4.90 Å². The molecule has 0 saturated carbocycles. The molecule has 6 heteroatoms. The third-order valence-corrected chi connectivity index (χ3v) is 3.46. The van der Waals surface area contributed by atoms with E-state index in [0.717, 1.165) is 26.2 Å². The average molecular weight is 309 g/mol. The van der Waals surface area contributed by atoms with Crippen molar-refractivity contribution in [2.24, 2.45) is 0 Å². The second-order valence-electron chi connectivity index (χ2n) is 4.51. The van der Waals surface area contributed by atoms with Crippen molar-refractivity contribution in [2.45, 2.75) is 13.0 Å². The summed E-state index contributed by atoms with van der Waals surface area (Å²) in [5.41, 5.74) is 0. The normalized spacial score (nSPS) is 19.8. The van der Waals surface area contributed by atoms with Crippen molar-refractivity contribution in [2.75, 3.05) is 32.8 Å². The molecule has 1 aliphatic rings. The number of ether oxygens (including phenoxy) is 1. The van der Waals surface area contributed by atoms with E-state index in [0.29, 0.717) is 23.4 Å². The molecular weight excluding hydrogens is 290 g/mol. The van der Waals surface area contributed by atoms with Gasteiger partial charge in [0.25, 0.3) is 0 Å². The van der Waals surface area contributed by atoms with Gasteiger partial charge in [0.05, 0.1) is 5.02 Å². The molecular formula is C13H19Cl2FN2O. The topological polar surface area (TPSA) is 24.5 Å². The summed E-state index contributed by atoms with van der Waals surface area (Å²) < 4.78 is 18.4. The van der Waals surface area contributed by atoms with Crippen molar-refractivity contribution in [1.29, 1.82) is 0 Å². The van der Waals surface area contributed by atoms with E-state index in [-0.39, 0.29) is 18.2 Å². The second-order valence-corrected chi connectivity index (χ2v) is 4.92. The third kappa shape index (κ3) is 4.80. The summed E-state index contributed by atoms with van der Waals surface area (Å²) in [7, 11) is 0. The lowest BCUT2D eigenvalue weighted by Gasteiger charge is -2.33. The minimum Gasteiger partial charge on any atom is -0.491 e. The highest BCUT2D eigenvalue weighted by Gasteiger charge is 2.17. The molecule has 0 unspecified atom stereocenters. The molecule has 0 bridgehead atoms. The maximum atomic E-state index is 12.9. The van der Waals surface area contributed by atoms with Gasteiger partial charge >= 0.3 is 0 Å². The van der Waals surface area contributed by atoms with Crippen LogP contribution >= 0.6 is 24.0 Å². The first-order valence-corrected chi connectivity index (χ1v) is 6.57. The minimum atomic E-state index is -0.344. The summed E-state index contributed by atoms with van der Waals surface area (Å²) >= 11 is 5.89. The molecule has 3 nitrogen and oxygen atoms in total. The van der Waals surface area contributed by atoms with Gasteiger partial charge < -0.3 is 10.1 Å². The smallest absolute Gasteiger partial charge is 0.138 e.